The van der Waals surface area contributed by atoms with Crippen LogP contribution in [0.2, 0.25) is 0 Å². The van der Waals surface area contributed by atoms with E-state index in [9.17, 15) is 0 Å². The molecule has 0 saturated carbocycles. The number of hydrogen-bond acceptors (Lipinski definition) is 2. The van der Waals surface area contributed by atoms with Crippen molar-refractivity contribution in [1.82, 2.24) is 5.16 Å². The summed E-state index contributed by atoms with van der Waals surface area (Å²) in [4.78, 5) is 0. The van der Waals surface area contributed by atoms with E-state index in [0.717, 1.165) is 0 Å². The first-order valence-corrected chi connectivity index (χ1v) is 5.92. The Labute approximate surface area is 91.0 Å². The van der Waals surface area contributed by atoms with Crippen molar-refractivity contribution in [3.63, 3.8) is 0 Å². The van der Waals surface area contributed by atoms with Crippen LogP contribution in [0, 0.1) is 0 Å². The summed E-state index contributed by atoms with van der Waals surface area (Å²) in [5.41, 5.74) is 3.10. The lowest BCUT2D eigenvalue weighted by atomic mass is 9.73. The molecule has 1 unspecified atom stereocenters. The number of aromatic nitrogens is 1. The average molecular weight is 205 g/mol. The zero-order valence-corrected chi connectivity index (χ0v) is 10.1. The molecule has 0 aromatic carbocycles. The molecule has 0 aliphatic heterocycles. The van der Waals surface area contributed by atoms with E-state index in [4.69, 9.17) is 4.52 Å². The van der Waals surface area contributed by atoms with Crippen LogP contribution < -0.4 is 0 Å². The van der Waals surface area contributed by atoms with Crippen LogP contribution in [0.4, 0.5) is 0 Å². The minimum absolute atomic E-state index is 0.192. The van der Waals surface area contributed by atoms with Crippen molar-refractivity contribution in [2.24, 2.45) is 0 Å². The molecule has 1 atom stereocenters. The van der Waals surface area contributed by atoms with Crippen molar-refractivity contribution in [2.45, 2.75) is 63.7 Å². The third-order valence-corrected chi connectivity index (χ3v) is 4.27. The third kappa shape index (κ3) is 1.08. The van der Waals surface area contributed by atoms with Gasteiger partial charge in [-0.2, -0.15) is 0 Å². The summed E-state index contributed by atoms with van der Waals surface area (Å²) in [7, 11) is 0. The van der Waals surface area contributed by atoms with Crippen molar-refractivity contribution in [1.29, 1.82) is 0 Å². The van der Waals surface area contributed by atoms with Gasteiger partial charge in [0.15, 0.2) is 0 Å². The molecule has 2 nitrogen and oxygen atoms in total. The second kappa shape index (κ2) is 2.47. The Morgan fingerprint density at radius 3 is 2.67 bits per heavy atom. The molecule has 0 amide bonds. The van der Waals surface area contributed by atoms with Crippen LogP contribution in [-0.4, -0.2) is 5.16 Å². The number of rotatable bonds is 0. The highest BCUT2D eigenvalue weighted by Gasteiger charge is 2.48. The molecule has 2 aliphatic carbocycles. The Balaban J connectivity index is 2.22. The van der Waals surface area contributed by atoms with Crippen LogP contribution in [0.5, 0.6) is 0 Å². The number of nitrogens with zero attached hydrogens (tertiary/aromatic N) is 1. The first-order chi connectivity index (χ1) is 6.92. The molecule has 0 fully saturated rings. The van der Waals surface area contributed by atoms with E-state index in [2.05, 4.69) is 32.9 Å². The second-order valence-electron chi connectivity index (χ2n) is 6.48. The normalized spacial score (nSPS) is 30.3. The van der Waals surface area contributed by atoms with E-state index in [1.54, 1.807) is 0 Å². The van der Waals surface area contributed by atoms with Crippen LogP contribution in [0.15, 0.2) is 4.52 Å². The molecule has 1 aromatic heterocycles. The summed E-state index contributed by atoms with van der Waals surface area (Å²) in [6.45, 7) is 9.12. The van der Waals surface area contributed by atoms with E-state index in [1.807, 2.05) is 0 Å². The van der Waals surface area contributed by atoms with Crippen LogP contribution in [0.1, 0.15) is 69.9 Å². The Hall–Kier alpha value is -0.790. The fourth-order valence-electron chi connectivity index (χ4n) is 3.36. The first kappa shape index (κ1) is 9.44. The molecule has 2 heteroatoms. The SMILES string of the molecule is CC1(C)CC2CCC(C)(C)c3onc1c32. The van der Waals surface area contributed by atoms with Gasteiger partial charge in [-0.15, -0.1) is 0 Å². The second-order valence-corrected chi connectivity index (χ2v) is 6.48. The van der Waals surface area contributed by atoms with E-state index >= 15 is 0 Å². The average Bonchev–Trinajstić information content (AvgIpc) is 2.63. The molecule has 0 saturated heterocycles. The lowest BCUT2D eigenvalue weighted by Crippen LogP contribution is -2.24. The zero-order chi connectivity index (χ0) is 10.8. The minimum Gasteiger partial charge on any atom is -0.360 e. The van der Waals surface area contributed by atoms with Crippen LogP contribution in [-0.2, 0) is 10.8 Å². The molecular weight excluding hydrogens is 186 g/mol. The Bertz CT molecular complexity index is 414. The van der Waals surface area contributed by atoms with Gasteiger partial charge in [0.05, 0.1) is 5.69 Å². The molecule has 0 N–H and O–H groups in total. The highest BCUT2D eigenvalue weighted by atomic mass is 16.5. The van der Waals surface area contributed by atoms with Gasteiger partial charge in [-0.05, 0) is 25.2 Å². The van der Waals surface area contributed by atoms with Crippen molar-refractivity contribution in [2.75, 3.05) is 0 Å². The Kier molecular flexibility index (Phi) is 1.56. The van der Waals surface area contributed by atoms with E-state index in [0.29, 0.717) is 5.92 Å². The van der Waals surface area contributed by atoms with Gasteiger partial charge < -0.3 is 4.52 Å². The molecule has 0 spiro atoms. The smallest absolute Gasteiger partial charge is 0.146 e. The summed E-state index contributed by atoms with van der Waals surface area (Å²) < 4.78 is 5.61. The molecule has 1 aromatic rings. The molecule has 1 heterocycles. The molecule has 0 bridgehead atoms. The van der Waals surface area contributed by atoms with Crippen molar-refractivity contribution in [3.8, 4) is 0 Å². The topological polar surface area (TPSA) is 26.0 Å². The molecule has 2 aliphatic rings. The Morgan fingerprint density at radius 2 is 1.93 bits per heavy atom. The minimum atomic E-state index is 0.192. The van der Waals surface area contributed by atoms with Crippen molar-refractivity contribution in [3.05, 3.63) is 17.0 Å². The van der Waals surface area contributed by atoms with E-state index < -0.39 is 0 Å². The zero-order valence-electron chi connectivity index (χ0n) is 10.1. The fourth-order valence-corrected chi connectivity index (χ4v) is 3.36. The Morgan fingerprint density at radius 1 is 1.20 bits per heavy atom. The lowest BCUT2D eigenvalue weighted by Gasteiger charge is -2.30. The standard InChI is InChI=1S/C13H19NO/c1-12(2)6-5-8-7-13(3,4)10-9(8)11(12)15-14-10/h8H,5-7H2,1-4H3. The maximum absolute atomic E-state index is 5.61. The predicted molar refractivity (Wildman–Crippen MR) is 59.1 cm³/mol. The van der Waals surface area contributed by atoms with Crippen LogP contribution in [0.25, 0.3) is 0 Å². The molecular formula is C13H19NO. The fraction of sp³-hybridized carbons (Fsp3) is 0.769. The summed E-state index contributed by atoms with van der Waals surface area (Å²) in [6.07, 6.45) is 3.79. The highest BCUT2D eigenvalue weighted by molar-refractivity contribution is 5.42. The number of hydrogen-bond donors (Lipinski definition) is 0. The molecule has 15 heavy (non-hydrogen) atoms. The summed E-state index contributed by atoms with van der Waals surface area (Å²) >= 11 is 0. The van der Waals surface area contributed by atoms with Crippen LogP contribution >= 0.6 is 0 Å². The predicted octanol–water partition coefficient (Wildman–Crippen LogP) is 3.51. The maximum atomic E-state index is 5.61. The van der Waals surface area contributed by atoms with Gasteiger partial charge in [0, 0.05) is 16.4 Å². The van der Waals surface area contributed by atoms with Gasteiger partial charge in [0.2, 0.25) is 0 Å². The van der Waals surface area contributed by atoms with Gasteiger partial charge in [-0.25, -0.2) is 0 Å². The summed E-state index contributed by atoms with van der Waals surface area (Å²) in [6, 6.07) is 0. The quantitative estimate of drug-likeness (QED) is 0.647. The van der Waals surface area contributed by atoms with E-state index in [-0.39, 0.29) is 10.8 Å². The molecule has 0 radical (unpaired) electrons. The third-order valence-electron chi connectivity index (χ3n) is 4.27. The lowest BCUT2D eigenvalue weighted by molar-refractivity contribution is 0.253. The van der Waals surface area contributed by atoms with Gasteiger partial charge >= 0.3 is 0 Å². The molecule has 3 rings (SSSR count). The van der Waals surface area contributed by atoms with E-state index in [1.165, 1.54) is 36.3 Å². The van der Waals surface area contributed by atoms with Gasteiger partial charge in [-0.3, -0.25) is 0 Å². The summed E-state index contributed by atoms with van der Waals surface area (Å²) in [5, 5.41) is 4.33. The van der Waals surface area contributed by atoms with Crippen molar-refractivity contribution < 1.29 is 4.52 Å². The largest absolute Gasteiger partial charge is 0.360 e. The van der Waals surface area contributed by atoms with Gasteiger partial charge in [0.1, 0.15) is 5.76 Å². The van der Waals surface area contributed by atoms with Crippen molar-refractivity contribution >= 4 is 0 Å². The van der Waals surface area contributed by atoms with Crippen LogP contribution in [0.3, 0.4) is 0 Å². The highest BCUT2D eigenvalue weighted by Crippen LogP contribution is 2.55. The summed E-state index contributed by atoms with van der Waals surface area (Å²) in [5.74, 6) is 1.88. The maximum Gasteiger partial charge on any atom is 0.146 e. The van der Waals surface area contributed by atoms with Gasteiger partial charge in [0.25, 0.3) is 0 Å². The van der Waals surface area contributed by atoms with Gasteiger partial charge in [-0.1, -0.05) is 32.9 Å². The first-order valence-electron chi connectivity index (χ1n) is 5.92. The monoisotopic (exact) mass is 205 g/mol. The molecule has 82 valence electrons.